The minimum atomic E-state index is -0.448. The lowest BCUT2D eigenvalue weighted by atomic mass is 10.1. The Hall–Kier alpha value is -3.88. The maximum Gasteiger partial charge on any atom is 0.351 e. The average Bonchev–Trinajstić information content (AvgIpc) is 3.26. The Morgan fingerprint density at radius 3 is 2.39 bits per heavy atom. The molecule has 4 aromatic rings. The molecule has 2 heterocycles. The molecule has 0 spiro atoms. The van der Waals surface area contributed by atoms with Gasteiger partial charge in [0.05, 0.1) is 19.7 Å². The molecule has 1 N–H and O–H groups in total. The van der Waals surface area contributed by atoms with Crippen molar-refractivity contribution in [1.82, 2.24) is 19.2 Å². The van der Waals surface area contributed by atoms with Gasteiger partial charge in [0.1, 0.15) is 6.54 Å². The van der Waals surface area contributed by atoms with Gasteiger partial charge in [0.15, 0.2) is 23.0 Å². The number of amides is 1. The molecule has 9 heteroatoms. The highest BCUT2D eigenvalue weighted by Crippen LogP contribution is 2.33. The van der Waals surface area contributed by atoms with E-state index in [4.69, 9.17) is 9.47 Å². The smallest absolute Gasteiger partial charge is 0.351 e. The van der Waals surface area contributed by atoms with Crippen LogP contribution in [0.5, 0.6) is 11.5 Å². The molecule has 2 aromatic heterocycles. The number of hydrogen-bond donors (Lipinski definition) is 1. The first kappa shape index (κ1) is 22.3. The number of benzene rings is 2. The van der Waals surface area contributed by atoms with E-state index in [1.54, 1.807) is 19.2 Å². The predicted octanol–water partition coefficient (Wildman–Crippen LogP) is 3.22. The third kappa shape index (κ3) is 4.26. The highest BCUT2D eigenvalue weighted by atomic mass is 16.5. The van der Waals surface area contributed by atoms with Gasteiger partial charge in [-0.05, 0) is 36.6 Å². The Morgan fingerprint density at radius 1 is 1.06 bits per heavy atom. The summed E-state index contributed by atoms with van der Waals surface area (Å²) in [5.41, 5.74) is 2.33. The van der Waals surface area contributed by atoms with Crippen molar-refractivity contribution in [3.8, 4) is 11.5 Å². The first-order valence-electron chi connectivity index (χ1n) is 10.9. The Bertz CT molecular complexity index is 1370. The zero-order valence-electron chi connectivity index (χ0n) is 19.2. The van der Waals surface area contributed by atoms with Gasteiger partial charge in [-0.2, -0.15) is 4.52 Å². The summed E-state index contributed by atoms with van der Waals surface area (Å²) in [6.07, 6.45) is 2.41. The Labute approximate surface area is 191 Å². The van der Waals surface area contributed by atoms with E-state index in [1.165, 1.54) is 21.8 Å². The Balaban J connectivity index is 1.83. The molecule has 2 aromatic carbocycles. The van der Waals surface area contributed by atoms with Crippen LogP contribution in [-0.2, 0) is 24.2 Å². The topological polar surface area (TPSA) is 99.7 Å². The molecule has 0 atom stereocenters. The number of carbonyl (C=O) groups excluding carboxylic acids is 1. The molecule has 0 unspecified atom stereocenters. The number of ether oxygens (including phenoxy) is 2. The van der Waals surface area contributed by atoms with Crippen LogP contribution in [0.15, 0.2) is 41.2 Å². The van der Waals surface area contributed by atoms with Crippen molar-refractivity contribution < 1.29 is 14.3 Å². The van der Waals surface area contributed by atoms with Gasteiger partial charge in [0.25, 0.3) is 0 Å². The summed E-state index contributed by atoms with van der Waals surface area (Å²) in [6.45, 7) is 3.90. The third-order valence-electron chi connectivity index (χ3n) is 5.52. The molecule has 9 nitrogen and oxygen atoms in total. The number of aryl methyl sites for hydroxylation is 2. The lowest BCUT2D eigenvalue weighted by molar-refractivity contribution is -0.116. The summed E-state index contributed by atoms with van der Waals surface area (Å²) < 4.78 is 13.5. The van der Waals surface area contributed by atoms with E-state index in [0.29, 0.717) is 46.0 Å². The van der Waals surface area contributed by atoms with Gasteiger partial charge >= 0.3 is 5.69 Å². The standard InChI is InChI=1S/C24H27N5O4/c1-5-7-21-26-23-17-12-19(32-3)20(33-4)13-18(17)28(24(31)29(23)27-21)14-22(30)25-16-10-8-15(6-2)9-11-16/h8-13H,5-7,14H2,1-4H3,(H,25,30). The highest BCUT2D eigenvalue weighted by molar-refractivity contribution is 5.96. The van der Waals surface area contributed by atoms with E-state index in [1.807, 2.05) is 31.2 Å². The molecule has 0 aliphatic heterocycles. The summed E-state index contributed by atoms with van der Waals surface area (Å²) >= 11 is 0. The van der Waals surface area contributed by atoms with Gasteiger partial charge < -0.3 is 14.8 Å². The molecular weight excluding hydrogens is 422 g/mol. The second-order valence-corrected chi connectivity index (χ2v) is 7.71. The number of nitrogens with zero attached hydrogens (tertiary/aromatic N) is 4. The van der Waals surface area contributed by atoms with E-state index in [2.05, 4.69) is 22.3 Å². The number of hydrogen-bond acceptors (Lipinski definition) is 6. The molecule has 0 aliphatic carbocycles. The molecule has 1 amide bonds. The molecule has 0 saturated heterocycles. The minimum absolute atomic E-state index is 0.195. The maximum atomic E-state index is 13.4. The molecule has 4 rings (SSSR count). The van der Waals surface area contributed by atoms with E-state index < -0.39 is 5.69 Å². The largest absolute Gasteiger partial charge is 0.493 e. The molecule has 33 heavy (non-hydrogen) atoms. The van der Waals surface area contributed by atoms with E-state index in [-0.39, 0.29) is 12.5 Å². The van der Waals surface area contributed by atoms with Crippen LogP contribution in [0, 0.1) is 0 Å². The summed E-state index contributed by atoms with van der Waals surface area (Å²) in [5, 5.41) is 7.89. The second kappa shape index (κ2) is 9.32. The molecule has 0 aliphatic rings. The summed E-state index contributed by atoms with van der Waals surface area (Å²) in [5.74, 6) is 1.19. The van der Waals surface area contributed by atoms with E-state index in [0.717, 1.165) is 12.8 Å². The van der Waals surface area contributed by atoms with Crippen LogP contribution < -0.4 is 20.5 Å². The van der Waals surface area contributed by atoms with Crippen LogP contribution in [-0.4, -0.2) is 39.3 Å². The predicted molar refractivity (Wildman–Crippen MR) is 126 cm³/mol. The highest BCUT2D eigenvalue weighted by Gasteiger charge is 2.19. The lowest BCUT2D eigenvalue weighted by Gasteiger charge is -2.14. The Morgan fingerprint density at radius 2 is 1.76 bits per heavy atom. The third-order valence-corrected chi connectivity index (χ3v) is 5.52. The Kier molecular flexibility index (Phi) is 6.30. The quantitative estimate of drug-likeness (QED) is 0.443. The van der Waals surface area contributed by atoms with Crippen molar-refractivity contribution >= 4 is 28.1 Å². The zero-order chi connectivity index (χ0) is 23.5. The number of methoxy groups -OCH3 is 2. The molecule has 0 bridgehead atoms. The number of fused-ring (bicyclic) bond motifs is 3. The van der Waals surface area contributed by atoms with Crippen molar-refractivity contribution in [2.75, 3.05) is 19.5 Å². The molecule has 0 fully saturated rings. The lowest BCUT2D eigenvalue weighted by Crippen LogP contribution is -2.32. The van der Waals surface area contributed by atoms with Crippen LogP contribution in [0.1, 0.15) is 31.7 Å². The molecule has 0 saturated carbocycles. The molecular formula is C24H27N5O4. The van der Waals surface area contributed by atoms with Gasteiger partial charge in [0.2, 0.25) is 5.91 Å². The van der Waals surface area contributed by atoms with Crippen molar-refractivity contribution in [3.05, 3.63) is 58.3 Å². The normalized spacial score (nSPS) is 11.2. The first-order chi connectivity index (χ1) is 16.0. The van der Waals surface area contributed by atoms with Crippen molar-refractivity contribution in [2.45, 2.75) is 39.7 Å². The zero-order valence-corrected chi connectivity index (χ0v) is 19.2. The first-order valence-corrected chi connectivity index (χ1v) is 10.9. The number of nitrogens with one attached hydrogen (secondary N) is 1. The maximum absolute atomic E-state index is 13.4. The number of rotatable bonds is 8. The monoisotopic (exact) mass is 449 g/mol. The van der Waals surface area contributed by atoms with Gasteiger partial charge in [-0.15, -0.1) is 5.10 Å². The fraction of sp³-hybridized carbons (Fsp3) is 0.333. The van der Waals surface area contributed by atoms with Gasteiger partial charge in [-0.1, -0.05) is 26.0 Å². The van der Waals surface area contributed by atoms with Gasteiger partial charge in [-0.25, -0.2) is 9.78 Å². The minimum Gasteiger partial charge on any atom is -0.493 e. The number of aromatic nitrogens is 4. The van der Waals surface area contributed by atoms with Crippen molar-refractivity contribution in [1.29, 1.82) is 0 Å². The fourth-order valence-electron chi connectivity index (χ4n) is 3.80. The summed E-state index contributed by atoms with van der Waals surface area (Å²) in [6, 6.07) is 11.1. The average molecular weight is 450 g/mol. The molecule has 0 radical (unpaired) electrons. The summed E-state index contributed by atoms with van der Waals surface area (Å²) in [7, 11) is 3.06. The molecule has 172 valence electrons. The van der Waals surface area contributed by atoms with E-state index in [9.17, 15) is 9.59 Å². The number of anilines is 1. The summed E-state index contributed by atoms with van der Waals surface area (Å²) in [4.78, 5) is 30.8. The van der Waals surface area contributed by atoms with Crippen LogP contribution in [0.3, 0.4) is 0 Å². The fourth-order valence-corrected chi connectivity index (χ4v) is 3.80. The van der Waals surface area contributed by atoms with Crippen molar-refractivity contribution in [3.63, 3.8) is 0 Å². The van der Waals surface area contributed by atoms with E-state index >= 15 is 0 Å². The number of carbonyl (C=O) groups is 1. The second-order valence-electron chi connectivity index (χ2n) is 7.71. The van der Waals surface area contributed by atoms with Gasteiger partial charge in [-0.3, -0.25) is 9.36 Å². The van der Waals surface area contributed by atoms with Crippen LogP contribution in [0.2, 0.25) is 0 Å². The SMILES string of the molecule is CCCc1nc2c3cc(OC)c(OC)cc3n(CC(=O)Nc3ccc(CC)cc3)c(=O)n2n1. The van der Waals surface area contributed by atoms with Crippen LogP contribution >= 0.6 is 0 Å². The van der Waals surface area contributed by atoms with Crippen molar-refractivity contribution in [2.24, 2.45) is 0 Å². The van der Waals surface area contributed by atoms with Gasteiger partial charge in [0, 0.05) is 23.6 Å². The van der Waals surface area contributed by atoms with Crippen LogP contribution in [0.4, 0.5) is 5.69 Å². The van der Waals surface area contributed by atoms with Crippen LogP contribution in [0.25, 0.3) is 16.6 Å².